The molecule has 110 valence electrons. The fourth-order valence-corrected chi connectivity index (χ4v) is 3.03. The van der Waals surface area contributed by atoms with Crippen molar-refractivity contribution in [2.75, 3.05) is 12.5 Å². The van der Waals surface area contributed by atoms with E-state index in [1.165, 1.54) is 12.8 Å². The molecule has 0 spiro atoms. The number of carbonyl (C=O) groups is 1. The van der Waals surface area contributed by atoms with Crippen molar-refractivity contribution in [1.82, 2.24) is 9.88 Å². The number of halogens is 1. The summed E-state index contributed by atoms with van der Waals surface area (Å²) in [5, 5.41) is 0. The molecule has 1 fully saturated rings. The van der Waals surface area contributed by atoms with Gasteiger partial charge in [0.25, 0.3) is 5.91 Å². The second-order valence-electron chi connectivity index (χ2n) is 5.52. The lowest BCUT2D eigenvalue weighted by atomic mass is 9.86. The number of hydrazine groups is 1. The minimum absolute atomic E-state index is 0.0358. The second-order valence-corrected chi connectivity index (χ2v) is 6.44. The van der Waals surface area contributed by atoms with Crippen molar-refractivity contribution in [2.45, 2.75) is 38.6 Å². The summed E-state index contributed by atoms with van der Waals surface area (Å²) >= 11 is 3.34. The Labute approximate surface area is 128 Å². The van der Waals surface area contributed by atoms with Crippen LogP contribution >= 0.6 is 15.9 Å². The predicted octanol–water partition coefficient (Wildman–Crippen LogP) is 2.78. The van der Waals surface area contributed by atoms with Gasteiger partial charge in [0.15, 0.2) is 5.82 Å². The average Bonchev–Trinajstić information content (AvgIpc) is 2.46. The van der Waals surface area contributed by atoms with Gasteiger partial charge in [-0.05, 0) is 53.6 Å². The van der Waals surface area contributed by atoms with Gasteiger partial charge in [0.05, 0.1) is 5.56 Å². The van der Waals surface area contributed by atoms with Crippen LogP contribution in [0.25, 0.3) is 0 Å². The number of rotatable bonds is 3. The monoisotopic (exact) mass is 340 g/mol. The minimum atomic E-state index is -0.0358. The first-order valence-corrected chi connectivity index (χ1v) is 7.71. The van der Waals surface area contributed by atoms with E-state index in [0.717, 1.165) is 23.2 Å². The molecule has 1 aliphatic carbocycles. The smallest absolute Gasteiger partial charge is 0.257 e. The molecular formula is C14H21BrN4O. The molecule has 3 N–H and O–H groups in total. The maximum atomic E-state index is 12.6. The van der Waals surface area contributed by atoms with Gasteiger partial charge in [-0.25, -0.2) is 10.8 Å². The molecule has 1 amide bonds. The number of pyridine rings is 1. The Bertz CT molecular complexity index is 486. The van der Waals surface area contributed by atoms with Gasteiger partial charge in [0.2, 0.25) is 0 Å². The highest BCUT2D eigenvalue weighted by molar-refractivity contribution is 9.10. The first kappa shape index (κ1) is 15.3. The van der Waals surface area contributed by atoms with Gasteiger partial charge in [-0.1, -0.05) is 6.92 Å². The summed E-state index contributed by atoms with van der Waals surface area (Å²) in [6.07, 6.45) is 6.11. The fraction of sp³-hybridized carbons (Fsp3) is 0.571. The molecule has 0 aromatic carbocycles. The van der Waals surface area contributed by atoms with Gasteiger partial charge < -0.3 is 10.3 Å². The molecule has 0 radical (unpaired) electrons. The van der Waals surface area contributed by atoms with Crippen molar-refractivity contribution in [3.8, 4) is 0 Å². The Kier molecular flexibility index (Phi) is 4.99. The number of hydrogen-bond acceptors (Lipinski definition) is 4. The molecule has 20 heavy (non-hydrogen) atoms. The highest BCUT2D eigenvalue weighted by Crippen LogP contribution is 2.28. The largest absolute Gasteiger partial charge is 0.339 e. The van der Waals surface area contributed by atoms with Crippen molar-refractivity contribution in [2.24, 2.45) is 11.8 Å². The van der Waals surface area contributed by atoms with Crippen LogP contribution in [-0.2, 0) is 0 Å². The van der Waals surface area contributed by atoms with E-state index in [4.69, 9.17) is 5.84 Å². The zero-order valence-corrected chi connectivity index (χ0v) is 13.5. The molecule has 0 saturated heterocycles. The first-order chi connectivity index (χ1) is 9.52. The van der Waals surface area contributed by atoms with Crippen LogP contribution in [-0.4, -0.2) is 28.9 Å². The quantitative estimate of drug-likeness (QED) is 0.655. The number of aromatic nitrogens is 1. The van der Waals surface area contributed by atoms with Crippen LogP contribution < -0.4 is 11.3 Å². The molecule has 0 bridgehead atoms. The summed E-state index contributed by atoms with van der Waals surface area (Å²) in [5.41, 5.74) is 2.99. The summed E-state index contributed by atoms with van der Waals surface area (Å²) in [6, 6.07) is 2.07. The van der Waals surface area contributed by atoms with E-state index < -0.39 is 0 Å². The normalized spacial score (nSPS) is 22.4. The van der Waals surface area contributed by atoms with E-state index in [-0.39, 0.29) is 5.91 Å². The molecule has 0 unspecified atom stereocenters. The molecule has 1 aliphatic rings. The lowest BCUT2D eigenvalue weighted by Crippen LogP contribution is -2.39. The Hall–Kier alpha value is -1.14. The van der Waals surface area contributed by atoms with Gasteiger partial charge in [-0.15, -0.1) is 0 Å². The third kappa shape index (κ3) is 3.30. The van der Waals surface area contributed by atoms with Crippen LogP contribution in [0, 0.1) is 5.92 Å². The maximum Gasteiger partial charge on any atom is 0.257 e. The Morgan fingerprint density at radius 2 is 2.10 bits per heavy atom. The van der Waals surface area contributed by atoms with E-state index >= 15 is 0 Å². The number of anilines is 1. The highest BCUT2D eigenvalue weighted by atomic mass is 79.9. The van der Waals surface area contributed by atoms with Gasteiger partial charge in [-0.2, -0.15) is 0 Å². The van der Waals surface area contributed by atoms with Gasteiger partial charge in [0.1, 0.15) is 0 Å². The molecule has 1 heterocycles. The summed E-state index contributed by atoms with van der Waals surface area (Å²) < 4.78 is 0.769. The van der Waals surface area contributed by atoms with Gasteiger partial charge in [-0.3, -0.25) is 4.79 Å². The van der Waals surface area contributed by atoms with E-state index in [9.17, 15) is 4.79 Å². The summed E-state index contributed by atoms with van der Waals surface area (Å²) in [4.78, 5) is 18.6. The van der Waals surface area contributed by atoms with Crippen LogP contribution in [0.5, 0.6) is 0 Å². The average molecular weight is 341 g/mol. The SMILES string of the molecule is CC1CCC(N(C)C(=O)c2cc(Br)cnc2NN)CC1. The number of amides is 1. The van der Waals surface area contributed by atoms with E-state index in [1.807, 2.05) is 11.9 Å². The number of nitrogen functional groups attached to an aromatic ring is 1. The molecule has 1 saturated carbocycles. The molecule has 5 nitrogen and oxygen atoms in total. The number of nitrogens with one attached hydrogen (secondary N) is 1. The van der Waals surface area contributed by atoms with Gasteiger partial charge >= 0.3 is 0 Å². The molecule has 0 aliphatic heterocycles. The standard InChI is InChI=1S/C14H21BrN4O/c1-9-3-5-11(6-4-9)19(2)14(20)12-7-10(15)8-17-13(12)18-16/h7-9,11H,3-6,16H2,1-2H3,(H,17,18). The molecule has 2 rings (SSSR count). The van der Waals surface area contributed by atoms with Crippen molar-refractivity contribution >= 4 is 27.7 Å². The lowest BCUT2D eigenvalue weighted by molar-refractivity contribution is 0.0680. The van der Waals surface area contributed by atoms with Crippen LogP contribution in [0.2, 0.25) is 0 Å². The van der Waals surface area contributed by atoms with Crippen LogP contribution in [0.3, 0.4) is 0 Å². The van der Waals surface area contributed by atoms with Crippen LogP contribution in [0.4, 0.5) is 5.82 Å². The number of nitrogens with zero attached hydrogens (tertiary/aromatic N) is 2. The topological polar surface area (TPSA) is 71.2 Å². The lowest BCUT2D eigenvalue weighted by Gasteiger charge is -2.33. The Morgan fingerprint density at radius 3 is 2.70 bits per heavy atom. The molecule has 0 atom stereocenters. The van der Waals surface area contributed by atoms with Crippen LogP contribution in [0.1, 0.15) is 43.0 Å². The molecule has 6 heteroatoms. The molecular weight excluding hydrogens is 320 g/mol. The molecule has 1 aromatic rings. The van der Waals surface area contributed by atoms with Crippen molar-refractivity contribution in [3.63, 3.8) is 0 Å². The summed E-state index contributed by atoms with van der Waals surface area (Å²) in [5.74, 6) is 6.58. The zero-order valence-electron chi connectivity index (χ0n) is 11.9. The summed E-state index contributed by atoms with van der Waals surface area (Å²) in [7, 11) is 1.87. The summed E-state index contributed by atoms with van der Waals surface area (Å²) in [6.45, 7) is 2.27. The van der Waals surface area contributed by atoms with Crippen molar-refractivity contribution < 1.29 is 4.79 Å². The Balaban J connectivity index is 2.16. The van der Waals surface area contributed by atoms with E-state index in [2.05, 4.69) is 33.3 Å². The third-order valence-corrected chi connectivity index (χ3v) is 4.51. The molecule has 1 aromatic heterocycles. The van der Waals surface area contributed by atoms with Crippen molar-refractivity contribution in [1.29, 1.82) is 0 Å². The third-order valence-electron chi connectivity index (χ3n) is 4.07. The van der Waals surface area contributed by atoms with Crippen LogP contribution in [0.15, 0.2) is 16.7 Å². The minimum Gasteiger partial charge on any atom is -0.339 e. The second kappa shape index (κ2) is 6.54. The number of nitrogens with two attached hydrogens (primary N) is 1. The zero-order chi connectivity index (χ0) is 14.7. The Morgan fingerprint density at radius 1 is 1.45 bits per heavy atom. The van der Waals surface area contributed by atoms with E-state index in [0.29, 0.717) is 17.4 Å². The number of carbonyl (C=O) groups excluding carboxylic acids is 1. The predicted molar refractivity (Wildman–Crippen MR) is 83.3 cm³/mol. The highest BCUT2D eigenvalue weighted by Gasteiger charge is 2.27. The van der Waals surface area contributed by atoms with E-state index in [1.54, 1.807) is 12.3 Å². The number of hydrogen-bond donors (Lipinski definition) is 2. The van der Waals surface area contributed by atoms with Crippen molar-refractivity contribution in [3.05, 3.63) is 22.3 Å². The fourth-order valence-electron chi connectivity index (χ4n) is 2.70. The van der Waals surface area contributed by atoms with Gasteiger partial charge in [0, 0.05) is 23.8 Å². The first-order valence-electron chi connectivity index (χ1n) is 6.92. The maximum absolute atomic E-state index is 12.6.